The van der Waals surface area contributed by atoms with Gasteiger partial charge in [0.25, 0.3) is 0 Å². The number of rotatable bonds is 4. The van der Waals surface area contributed by atoms with Crippen LogP contribution in [0.3, 0.4) is 0 Å². The fraction of sp³-hybridized carbons (Fsp3) is 0.500. The van der Waals surface area contributed by atoms with Gasteiger partial charge in [-0.15, -0.1) is 11.6 Å². The minimum atomic E-state index is -3.80. The third-order valence-corrected chi connectivity index (χ3v) is 6.60. The summed E-state index contributed by atoms with van der Waals surface area (Å²) in [6, 6.07) is 6.93. The average molecular weight is 277 g/mol. The summed E-state index contributed by atoms with van der Waals surface area (Å²) in [7, 11) is -3.80. The van der Waals surface area contributed by atoms with E-state index < -0.39 is 18.4 Å². The summed E-state index contributed by atoms with van der Waals surface area (Å²) >= 11 is 5.61. The van der Waals surface area contributed by atoms with Crippen LogP contribution in [0.15, 0.2) is 24.3 Å². The fourth-order valence-corrected chi connectivity index (χ4v) is 3.70. The monoisotopic (exact) mass is 276 g/mol. The second-order valence-electron chi connectivity index (χ2n) is 4.51. The molecule has 0 saturated carbocycles. The number of benzene rings is 1. The molecule has 0 fully saturated rings. The van der Waals surface area contributed by atoms with Crippen molar-refractivity contribution in [1.82, 2.24) is 0 Å². The zero-order chi connectivity index (χ0) is 13.3. The number of halogens is 1. The molecule has 1 aromatic carbocycles. The van der Waals surface area contributed by atoms with Crippen molar-refractivity contribution in [1.29, 1.82) is 0 Å². The van der Waals surface area contributed by atoms with Gasteiger partial charge in [-0.3, -0.25) is 4.57 Å². The standard InChI is InChI=1S/C12H18ClO3P/c1-9-4-6-11(7-5-9)12(3,14)17(15,16)10(2)8-13/h4-7,10,14H,8H2,1-3H3,(H,15,16). The molecule has 0 spiro atoms. The Kier molecular flexibility index (Phi) is 4.43. The van der Waals surface area contributed by atoms with Gasteiger partial charge in [-0.1, -0.05) is 36.8 Å². The topological polar surface area (TPSA) is 57.5 Å². The lowest BCUT2D eigenvalue weighted by Crippen LogP contribution is -2.27. The second kappa shape index (κ2) is 5.11. The van der Waals surface area contributed by atoms with Gasteiger partial charge >= 0.3 is 0 Å². The Bertz CT molecular complexity index is 428. The minimum Gasteiger partial charge on any atom is -0.375 e. The van der Waals surface area contributed by atoms with Crippen LogP contribution in [0.4, 0.5) is 0 Å². The molecular formula is C12H18ClO3P. The lowest BCUT2D eigenvalue weighted by atomic mass is 10.1. The van der Waals surface area contributed by atoms with E-state index in [1.165, 1.54) is 6.92 Å². The van der Waals surface area contributed by atoms with Crippen LogP contribution in [0.2, 0.25) is 0 Å². The molecule has 0 heterocycles. The van der Waals surface area contributed by atoms with Gasteiger partial charge in [-0.05, 0) is 19.4 Å². The quantitative estimate of drug-likeness (QED) is 0.656. The van der Waals surface area contributed by atoms with Crippen molar-refractivity contribution in [2.45, 2.75) is 31.8 Å². The van der Waals surface area contributed by atoms with E-state index in [2.05, 4.69) is 0 Å². The number of aliphatic hydroxyl groups is 1. The highest BCUT2D eigenvalue weighted by Gasteiger charge is 2.46. The molecule has 0 aliphatic heterocycles. The van der Waals surface area contributed by atoms with E-state index in [1.54, 1.807) is 31.2 Å². The SMILES string of the molecule is Cc1ccc(C(C)(O)P(=O)(O)C(C)CCl)cc1. The highest BCUT2D eigenvalue weighted by atomic mass is 35.5. The number of hydrogen-bond acceptors (Lipinski definition) is 2. The van der Waals surface area contributed by atoms with E-state index in [4.69, 9.17) is 11.6 Å². The van der Waals surface area contributed by atoms with Crippen LogP contribution in [-0.2, 0) is 9.91 Å². The molecular weight excluding hydrogens is 259 g/mol. The maximum Gasteiger partial charge on any atom is 0.239 e. The Morgan fingerprint density at radius 1 is 1.41 bits per heavy atom. The zero-order valence-corrected chi connectivity index (χ0v) is 11.9. The average Bonchev–Trinajstić information content (AvgIpc) is 2.28. The highest BCUT2D eigenvalue weighted by molar-refractivity contribution is 7.59. The lowest BCUT2D eigenvalue weighted by Gasteiger charge is -2.32. The Morgan fingerprint density at radius 2 is 1.88 bits per heavy atom. The van der Waals surface area contributed by atoms with Gasteiger partial charge in [-0.25, -0.2) is 0 Å². The van der Waals surface area contributed by atoms with Crippen LogP contribution < -0.4 is 0 Å². The van der Waals surface area contributed by atoms with Crippen LogP contribution >= 0.6 is 19.0 Å². The highest BCUT2D eigenvalue weighted by Crippen LogP contribution is 2.61. The molecule has 1 aromatic rings. The number of aryl methyl sites for hydroxylation is 1. The molecule has 3 nitrogen and oxygen atoms in total. The summed E-state index contributed by atoms with van der Waals surface area (Å²) < 4.78 is 12.3. The smallest absolute Gasteiger partial charge is 0.239 e. The molecule has 0 aliphatic rings. The maximum atomic E-state index is 12.3. The van der Waals surface area contributed by atoms with Gasteiger partial charge in [-0.2, -0.15) is 0 Å². The Labute approximate surface area is 107 Å². The van der Waals surface area contributed by atoms with Gasteiger partial charge < -0.3 is 10.00 Å². The van der Waals surface area contributed by atoms with Crippen LogP contribution in [0.5, 0.6) is 0 Å². The first-order valence-electron chi connectivity index (χ1n) is 5.41. The third-order valence-electron chi connectivity index (χ3n) is 3.04. The lowest BCUT2D eigenvalue weighted by molar-refractivity contribution is 0.126. The van der Waals surface area contributed by atoms with E-state index in [-0.39, 0.29) is 5.88 Å². The maximum absolute atomic E-state index is 12.3. The molecule has 1 rings (SSSR count). The van der Waals surface area contributed by atoms with Crippen LogP contribution in [0, 0.1) is 6.92 Å². The summed E-state index contributed by atoms with van der Waals surface area (Å²) in [5.74, 6) is 0.0375. The normalized spacial score (nSPS) is 20.4. The van der Waals surface area contributed by atoms with Crippen molar-refractivity contribution in [3.05, 3.63) is 35.4 Å². The Balaban J connectivity index is 3.18. The Hall–Kier alpha value is -0.340. The number of hydrogen-bond donors (Lipinski definition) is 2. The predicted octanol–water partition coefficient (Wildman–Crippen LogP) is 3.06. The largest absolute Gasteiger partial charge is 0.375 e. The molecule has 96 valence electrons. The van der Waals surface area contributed by atoms with Gasteiger partial charge in [0.05, 0.1) is 0 Å². The second-order valence-corrected chi connectivity index (χ2v) is 7.82. The van der Waals surface area contributed by atoms with Crippen molar-refractivity contribution in [3.8, 4) is 0 Å². The fourth-order valence-electron chi connectivity index (χ4n) is 1.58. The predicted molar refractivity (Wildman–Crippen MR) is 70.8 cm³/mol. The first-order valence-corrected chi connectivity index (χ1v) is 7.68. The van der Waals surface area contributed by atoms with Crippen molar-refractivity contribution in [2.75, 3.05) is 5.88 Å². The summed E-state index contributed by atoms with van der Waals surface area (Å²) in [5, 5.41) is 8.57. The van der Waals surface area contributed by atoms with Gasteiger partial charge in [0, 0.05) is 11.5 Å². The summed E-state index contributed by atoms with van der Waals surface area (Å²) in [5.41, 5.74) is 0.814. The van der Waals surface area contributed by atoms with Gasteiger partial charge in [0.15, 0.2) is 5.34 Å². The summed E-state index contributed by atoms with van der Waals surface area (Å²) in [6.07, 6.45) is 0. The van der Waals surface area contributed by atoms with E-state index in [9.17, 15) is 14.6 Å². The summed E-state index contributed by atoms with van der Waals surface area (Å²) in [4.78, 5) is 10.1. The van der Waals surface area contributed by atoms with Crippen molar-refractivity contribution < 1.29 is 14.6 Å². The van der Waals surface area contributed by atoms with Crippen LogP contribution in [0.1, 0.15) is 25.0 Å². The Morgan fingerprint density at radius 3 is 2.29 bits per heavy atom. The van der Waals surface area contributed by atoms with Gasteiger partial charge in [0.1, 0.15) is 0 Å². The molecule has 3 atom stereocenters. The van der Waals surface area contributed by atoms with E-state index in [0.717, 1.165) is 5.56 Å². The molecule has 0 amide bonds. The first-order chi connectivity index (χ1) is 7.73. The molecule has 17 heavy (non-hydrogen) atoms. The van der Waals surface area contributed by atoms with E-state index >= 15 is 0 Å². The first kappa shape index (κ1) is 14.7. The van der Waals surface area contributed by atoms with Crippen LogP contribution in [-0.4, -0.2) is 21.5 Å². The number of alkyl halides is 1. The molecule has 2 N–H and O–H groups in total. The third kappa shape index (κ3) is 2.74. The van der Waals surface area contributed by atoms with Crippen molar-refractivity contribution >= 4 is 19.0 Å². The van der Waals surface area contributed by atoms with Gasteiger partial charge in [0.2, 0.25) is 7.37 Å². The molecule has 3 unspecified atom stereocenters. The molecule has 0 aliphatic carbocycles. The van der Waals surface area contributed by atoms with Crippen molar-refractivity contribution in [2.24, 2.45) is 0 Å². The van der Waals surface area contributed by atoms with Crippen LogP contribution in [0.25, 0.3) is 0 Å². The molecule has 0 saturated heterocycles. The molecule has 0 radical (unpaired) electrons. The summed E-state index contributed by atoms with van der Waals surface area (Å²) in [6.45, 7) is 4.84. The molecule has 5 heteroatoms. The zero-order valence-electron chi connectivity index (χ0n) is 10.2. The van der Waals surface area contributed by atoms with E-state index in [0.29, 0.717) is 5.56 Å². The minimum absolute atomic E-state index is 0.0375. The molecule has 0 aromatic heterocycles. The molecule has 0 bridgehead atoms. The van der Waals surface area contributed by atoms with Crippen molar-refractivity contribution in [3.63, 3.8) is 0 Å². The van der Waals surface area contributed by atoms with E-state index in [1.807, 2.05) is 6.92 Å².